The van der Waals surface area contributed by atoms with Crippen LogP contribution in [0.2, 0.25) is 5.02 Å². The molecular formula is C10H11ClN2OS. The maximum atomic E-state index is 10.1. The minimum Gasteiger partial charge on any atom is -0.381 e. The monoisotopic (exact) mass is 242 g/mol. The summed E-state index contributed by atoms with van der Waals surface area (Å²) in [4.78, 5) is 0.843. The fraction of sp³-hybridized carbons (Fsp3) is 0.300. The zero-order valence-corrected chi connectivity index (χ0v) is 9.79. The van der Waals surface area contributed by atoms with Gasteiger partial charge in [0.25, 0.3) is 0 Å². The van der Waals surface area contributed by atoms with E-state index in [1.807, 2.05) is 18.4 Å². The molecule has 80 valence electrons. The van der Waals surface area contributed by atoms with Gasteiger partial charge >= 0.3 is 0 Å². The second-order valence-corrected chi connectivity index (χ2v) is 4.52. The normalized spacial score (nSPS) is 13.0. The summed E-state index contributed by atoms with van der Waals surface area (Å²) in [7, 11) is 0. The Morgan fingerprint density at radius 3 is 3.07 bits per heavy atom. The maximum Gasteiger partial charge on any atom is 0.130 e. The summed E-state index contributed by atoms with van der Waals surface area (Å²) in [5, 5.41) is 16.7. The van der Waals surface area contributed by atoms with E-state index in [0.717, 1.165) is 17.1 Å². The lowest BCUT2D eigenvalue weighted by Gasteiger charge is -2.10. The highest BCUT2D eigenvalue weighted by molar-refractivity contribution is 7.10. The number of hydrogen-bond donors (Lipinski definition) is 1. The van der Waals surface area contributed by atoms with E-state index < -0.39 is 6.10 Å². The van der Waals surface area contributed by atoms with E-state index in [-0.39, 0.29) is 0 Å². The molecule has 0 saturated heterocycles. The Morgan fingerprint density at radius 2 is 2.47 bits per heavy atom. The Bertz CT molecular complexity index is 452. The van der Waals surface area contributed by atoms with Gasteiger partial charge in [-0.2, -0.15) is 5.10 Å². The summed E-state index contributed by atoms with van der Waals surface area (Å²) in [6, 6.07) is 3.60. The molecule has 2 heterocycles. The first-order valence-electron chi connectivity index (χ1n) is 4.66. The molecule has 3 nitrogen and oxygen atoms in total. The highest BCUT2D eigenvalue weighted by Crippen LogP contribution is 2.29. The number of aryl methyl sites for hydroxylation is 1. The van der Waals surface area contributed by atoms with Gasteiger partial charge in [0.15, 0.2) is 0 Å². The molecule has 2 aromatic heterocycles. The molecule has 0 aliphatic carbocycles. The van der Waals surface area contributed by atoms with Gasteiger partial charge in [-0.3, -0.25) is 4.68 Å². The van der Waals surface area contributed by atoms with Crippen LogP contribution < -0.4 is 0 Å². The van der Waals surface area contributed by atoms with Crippen LogP contribution in [0.5, 0.6) is 0 Å². The molecular weight excluding hydrogens is 232 g/mol. The Balaban J connectivity index is 2.31. The van der Waals surface area contributed by atoms with Crippen LogP contribution in [-0.4, -0.2) is 14.9 Å². The summed E-state index contributed by atoms with van der Waals surface area (Å²) >= 11 is 7.27. The summed E-state index contributed by atoms with van der Waals surface area (Å²) in [5.41, 5.74) is 0.802. The van der Waals surface area contributed by atoms with Crippen molar-refractivity contribution >= 4 is 22.9 Å². The fourth-order valence-corrected chi connectivity index (χ4v) is 2.53. The number of aromatic nitrogens is 2. The zero-order valence-electron chi connectivity index (χ0n) is 8.22. The summed E-state index contributed by atoms with van der Waals surface area (Å²) in [6.45, 7) is 2.74. The van der Waals surface area contributed by atoms with Crippen LogP contribution in [0.4, 0.5) is 0 Å². The number of halogens is 1. The molecule has 0 fully saturated rings. The van der Waals surface area contributed by atoms with Gasteiger partial charge < -0.3 is 5.11 Å². The minimum atomic E-state index is -0.634. The lowest BCUT2D eigenvalue weighted by molar-refractivity contribution is 0.212. The van der Waals surface area contributed by atoms with Gasteiger partial charge in [0.2, 0.25) is 0 Å². The number of thiophene rings is 1. The Labute approximate surface area is 96.9 Å². The number of hydrogen-bond acceptors (Lipinski definition) is 3. The third kappa shape index (κ3) is 2.07. The molecule has 0 aromatic carbocycles. The standard InChI is InChI=1S/C10H11ClN2OS/c1-2-13-8(3-4-12-13)10(14)9-5-7(11)6-15-9/h3-6,10,14H,2H2,1H3. The van der Waals surface area contributed by atoms with Gasteiger partial charge in [0.05, 0.1) is 10.7 Å². The van der Waals surface area contributed by atoms with Crippen molar-refractivity contribution in [3.63, 3.8) is 0 Å². The molecule has 0 spiro atoms. The molecule has 2 aromatic rings. The number of rotatable bonds is 3. The second kappa shape index (κ2) is 4.35. The molecule has 0 saturated carbocycles. The van der Waals surface area contributed by atoms with Crippen molar-refractivity contribution in [3.05, 3.63) is 39.3 Å². The molecule has 2 rings (SSSR count). The van der Waals surface area contributed by atoms with Crippen LogP contribution in [0.3, 0.4) is 0 Å². The van der Waals surface area contributed by atoms with Gasteiger partial charge in [-0.1, -0.05) is 11.6 Å². The number of nitrogens with zero attached hydrogens (tertiary/aromatic N) is 2. The maximum absolute atomic E-state index is 10.1. The van der Waals surface area contributed by atoms with Crippen molar-refractivity contribution in [2.75, 3.05) is 0 Å². The molecule has 0 amide bonds. The highest BCUT2D eigenvalue weighted by Gasteiger charge is 2.16. The Morgan fingerprint density at radius 1 is 1.67 bits per heavy atom. The average Bonchev–Trinajstić information content (AvgIpc) is 2.84. The van der Waals surface area contributed by atoms with Crippen LogP contribution in [0, 0.1) is 0 Å². The first-order valence-corrected chi connectivity index (χ1v) is 5.92. The van der Waals surface area contributed by atoms with Crippen molar-refractivity contribution in [1.82, 2.24) is 9.78 Å². The van der Waals surface area contributed by atoms with Crippen LogP contribution in [-0.2, 0) is 6.54 Å². The highest BCUT2D eigenvalue weighted by atomic mass is 35.5. The molecule has 0 bridgehead atoms. The molecule has 5 heteroatoms. The summed E-state index contributed by atoms with van der Waals surface area (Å²) in [6.07, 6.45) is 1.06. The molecule has 15 heavy (non-hydrogen) atoms. The fourth-order valence-electron chi connectivity index (χ4n) is 1.46. The topological polar surface area (TPSA) is 38.0 Å². The van der Waals surface area contributed by atoms with E-state index in [9.17, 15) is 5.11 Å². The largest absolute Gasteiger partial charge is 0.381 e. The first kappa shape index (κ1) is 10.7. The van der Waals surface area contributed by atoms with Crippen LogP contribution in [0.15, 0.2) is 23.7 Å². The van der Waals surface area contributed by atoms with Gasteiger partial charge in [0, 0.05) is 23.0 Å². The van der Waals surface area contributed by atoms with Gasteiger partial charge in [0.1, 0.15) is 6.10 Å². The van der Waals surface area contributed by atoms with Gasteiger partial charge in [-0.15, -0.1) is 11.3 Å². The van der Waals surface area contributed by atoms with Gasteiger partial charge in [-0.05, 0) is 19.1 Å². The molecule has 1 N–H and O–H groups in total. The van der Waals surface area contributed by atoms with E-state index in [4.69, 9.17) is 11.6 Å². The molecule has 0 radical (unpaired) electrons. The Kier molecular flexibility index (Phi) is 3.09. The van der Waals surface area contributed by atoms with E-state index >= 15 is 0 Å². The third-order valence-electron chi connectivity index (χ3n) is 2.19. The van der Waals surface area contributed by atoms with Crippen LogP contribution in [0.25, 0.3) is 0 Å². The van der Waals surface area contributed by atoms with Crippen molar-refractivity contribution in [3.8, 4) is 0 Å². The average molecular weight is 243 g/mol. The van der Waals surface area contributed by atoms with E-state index in [1.165, 1.54) is 11.3 Å². The van der Waals surface area contributed by atoms with E-state index in [0.29, 0.717) is 5.02 Å². The summed E-state index contributed by atoms with van der Waals surface area (Å²) < 4.78 is 1.78. The lowest BCUT2D eigenvalue weighted by atomic mass is 10.2. The predicted octanol–water partition coefficient (Wildman–Crippen LogP) is 2.70. The van der Waals surface area contributed by atoms with Crippen molar-refractivity contribution in [2.45, 2.75) is 19.6 Å². The van der Waals surface area contributed by atoms with Crippen molar-refractivity contribution < 1.29 is 5.11 Å². The van der Waals surface area contributed by atoms with E-state index in [2.05, 4.69) is 5.10 Å². The van der Waals surface area contributed by atoms with Crippen molar-refractivity contribution in [2.24, 2.45) is 0 Å². The van der Waals surface area contributed by atoms with Crippen LogP contribution in [0.1, 0.15) is 23.6 Å². The second-order valence-electron chi connectivity index (χ2n) is 3.14. The first-order chi connectivity index (χ1) is 7.22. The van der Waals surface area contributed by atoms with Crippen LogP contribution >= 0.6 is 22.9 Å². The lowest BCUT2D eigenvalue weighted by Crippen LogP contribution is -2.07. The van der Waals surface area contributed by atoms with Crippen molar-refractivity contribution in [1.29, 1.82) is 0 Å². The minimum absolute atomic E-state index is 0.634. The predicted molar refractivity (Wildman–Crippen MR) is 61.3 cm³/mol. The molecule has 0 aliphatic rings. The van der Waals surface area contributed by atoms with E-state index in [1.54, 1.807) is 16.9 Å². The smallest absolute Gasteiger partial charge is 0.130 e. The third-order valence-corrected chi connectivity index (χ3v) is 3.52. The Hall–Kier alpha value is -0.840. The summed E-state index contributed by atoms with van der Waals surface area (Å²) in [5.74, 6) is 0. The molecule has 1 atom stereocenters. The zero-order chi connectivity index (χ0) is 10.8. The number of aliphatic hydroxyl groups excluding tert-OH is 1. The number of aliphatic hydroxyl groups is 1. The quantitative estimate of drug-likeness (QED) is 0.899. The molecule has 0 aliphatic heterocycles. The molecule has 1 unspecified atom stereocenters. The van der Waals surface area contributed by atoms with Gasteiger partial charge in [-0.25, -0.2) is 0 Å². The SMILES string of the molecule is CCn1nccc1C(O)c1cc(Cl)cs1.